The van der Waals surface area contributed by atoms with E-state index in [0.29, 0.717) is 22.3 Å². The number of hydrogen-bond donors (Lipinski definition) is 2. The van der Waals surface area contributed by atoms with E-state index in [9.17, 15) is 4.79 Å². The first-order chi connectivity index (χ1) is 8.92. The van der Waals surface area contributed by atoms with Crippen molar-refractivity contribution >= 4 is 34.8 Å². The number of amides is 1. The molecule has 1 aromatic carbocycles. The Hall–Kier alpha value is -0.770. The number of nitrogens with one attached hydrogen (secondary N) is 2. The van der Waals surface area contributed by atoms with Crippen LogP contribution in [-0.4, -0.2) is 19.0 Å². The van der Waals surface area contributed by atoms with Crippen molar-refractivity contribution < 1.29 is 4.79 Å². The van der Waals surface area contributed by atoms with Crippen molar-refractivity contribution in [1.29, 1.82) is 0 Å². The maximum Gasteiger partial charge on any atom is 0.231 e. The van der Waals surface area contributed by atoms with E-state index in [-0.39, 0.29) is 11.3 Å². The van der Waals surface area contributed by atoms with Gasteiger partial charge in [0.1, 0.15) is 0 Å². The molecular weight excluding hydrogens is 283 g/mol. The fraction of sp³-hybridized carbons (Fsp3) is 0.500. The molecule has 104 valence electrons. The van der Waals surface area contributed by atoms with Gasteiger partial charge in [-0.1, -0.05) is 23.2 Å². The van der Waals surface area contributed by atoms with Gasteiger partial charge in [0.2, 0.25) is 5.91 Å². The molecule has 2 N–H and O–H groups in total. The van der Waals surface area contributed by atoms with Gasteiger partial charge in [-0.15, -0.1) is 0 Å². The summed E-state index contributed by atoms with van der Waals surface area (Å²) in [6, 6.07) is 3.47. The maximum absolute atomic E-state index is 12.4. The van der Waals surface area contributed by atoms with Crippen molar-refractivity contribution in [3.05, 3.63) is 27.7 Å². The Balaban J connectivity index is 2.16. The molecule has 0 spiro atoms. The number of carbonyl (C=O) groups is 1. The second-order valence-electron chi connectivity index (χ2n) is 5.38. The van der Waals surface area contributed by atoms with Crippen LogP contribution < -0.4 is 10.6 Å². The highest BCUT2D eigenvalue weighted by molar-refractivity contribution is 6.36. The Bertz CT molecular complexity index is 496. The molecule has 1 amide bonds. The summed E-state index contributed by atoms with van der Waals surface area (Å²) in [7, 11) is 0. The standard InChI is InChI=1S/C14H18Cl2N2O/c1-9-6-11(16)12(7-10(9)15)18-13(19)14(2)4-3-5-17-8-14/h6-7,17H,3-5,8H2,1-2H3,(H,18,19). The van der Waals surface area contributed by atoms with Gasteiger partial charge in [0.05, 0.1) is 16.1 Å². The lowest BCUT2D eigenvalue weighted by atomic mass is 9.82. The third-order valence-corrected chi connectivity index (χ3v) is 4.36. The van der Waals surface area contributed by atoms with Crippen LogP contribution >= 0.6 is 23.2 Å². The summed E-state index contributed by atoms with van der Waals surface area (Å²) >= 11 is 12.2. The van der Waals surface area contributed by atoms with E-state index >= 15 is 0 Å². The van der Waals surface area contributed by atoms with Crippen molar-refractivity contribution in [2.24, 2.45) is 5.41 Å². The largest absolute Gasteiger partial charge is 0.324 e. The van der Waals surface area contributed by atoms with E-state index in [2.05, 4.69) is 10.6 Å². The van der Waals surface area contributed by atoms with Crippen molar-refractivity contribution in [2.45, 2.75) is 26.7 Å². The average molecular weight is 301 g/mol. The summed E-state index contributed by atoms with van der Waals surface area (Å²) in [5.41, 5.74) is 1.09. The Kier molecular flexibility index (Phi) is 4.39. The highest BCUT2D eigenvalue weighted by Crippen LogP contribution is 2.32. The summed E-state index contributed by atoms with van der Waals surface area (Å²) in [6.07, 6.45) is 1.88. The molecule has 2 rings (SSSR count). The molecule has 1 aromatic rings. The number of anilines is 1. The molecule has 0 saturated carbocycles. The number of rotatable bonds is 2. The van der Waals surface area contributed by atoms with Crippen LogP contribution in [0.2, 0.25) is 10.0 Å². The predicted molar refractivity (Wildman–Crippen MR) is 80.0 cm³/mol. The van der Waals surface area contributed by atoms with Crippen LogP contribution in [0.5, 0.6) is 0 Å². The lowest BCUT2D eigenvalue weighted by molar-refractivity contribution is -0.125. The minimum Gasteiger partial charge on any atom is -0.324 e. The third-order valence-electron chi connectivity index (χ3n) is 3.64. The lowest BCUT2D eigenvalue weighted by Gasteiger charge is -2.32. The van der Waals surface area contributed by atoms with Gasteiger partial charge in [-0.25, -0.2) is 0 Å². The van der Waals surface area contributed by atoms with Crippen molar-refractivity contribution in [3.8, 4) is 0 Å². The van der Waals surface area contributed by atoms with Gasteiger partial charge in [-0.3, -0.25) is 4.79 Å². The second-order valence-corrected chi connectivity index (χ2v) is 6.19. The number of hydrogen-bond acceptors (Lipinski definition) is 2. The van der Waals surface area contributed by atoms with Crippen LogP contribution in [0, 0.1) is 12.3 Å². The summed E-state index contributed by atoms with van der Waals surface area (Å²) in [6.45, 7) is 5.51. The van der Waals surface area contributed by atoms with Crippen LogP contribution in [0.25, 0.3) is 0 Å². The zero-order valence-corrected chi connectivity index (χ0v) is 12.7. The van der Waals surface area contributed by atoms with Crippen molar-refractivity contribution in [2.75, 3.05) is 18.4 Å². The first-order valence-electron chi connectivity index (χ1n) is 6.40. The number of aryl methyl sites for hydroxylation is 1. The topological polar surface area (TPSA) is 41.1 Å². The van der Waals surface area contributed by atoms with Crippen LogP contribution in [-0.2, 0) is 4.79 Å². The lowest BCUT2D eigenvalue weighted by Crippen LogP contribution is -2.46. The molecule has 5 heteroatoms. The second kappa shape index (κ2) is 5.70. The number of benzene rings is 1. The normalized spacial score (nSPS) is 23.2. The Morgan fingerprint density at radius 3 is 2.74 bits per heavy atom. The molecule has 0 aromatic heterocycles. The molecule has 19 heavy (non-hydrogen) atoms. The Morgan fingerprint density at radius 2 is 2.11 bits per heavy atom. The van der Waals surface area contributed by atoms with E-state index in [1.54, 1.807) is 12.1 Å². The Morgan fingerprint density at radius 1 is 1.37 bits per heavy atom. The molecule has 1 atom stereocenters. The molecule has 1 fully saturated rings. The molecule has 1 unspecified atom stereocenters. The molecule has 1 heterocycles. The average Bonchev–Trinajstić information content (AvgIpc) is 2.36. The molecule has 3 nitrogen and oxygen atoms in total. The Labute approximate surface area is 123 Å². The van der Waals surface area contributed by atoms with Gasteiger partial charge in [-0.2, -0.15) is 0 Å². The van der Waals surface area contributed by atoms with E-state index in [1.807, 2.05) is 13.8 Å². The van der Waals surface area contributed by atoms with Gasteiger partial charge >= 0.3 is 0 Å². The quantitative estimate of drug-likeness (QED) is 0.876. The molecule has 1 aliphatic rings. The smallest absolute Gasteiger partial charge is 0.231 e. The monoisotopic (exact) mass is 300 g/mol. The number of halogens is 2. The summed E-state index contributed by atoms with van der Waals surface area (Å²) in [4.78, 5) is 12.4. The summed E-state index contributed by atoms with van der Waals surface area (Å²) < 4.78 is 0. The zero-order chi connectivity index (χ0) is 14.0. The molecular formula is C14H18Cl2N2O. The van der Waals surface area contributed by atoms with Gasteiger partial charge in [0.25, 0.3) is 0 Å². The van der Waals surface area contributed by atoms with Crippen LogP contribution in [0.3, 0.4) is 0 Å². The fourth-order valence-corrected chi connectivity index (χ4v) is 2.69. The SMILES string of the molecule is Cc1cc(Cl)c(NC(=O)C2(C)CCCNC2)cc1Cl. The predicted octanol–water partition coefficient (Wildman–Crippen LogP) is 3.63. The van der Waals surface area contributed by atoms with Gasteiger partial charge in [-0.05, 0) is 50.9 Å². The fourth-order valence-electron chi connectivity index (χ4n) is 2.27. The minimum atomic E-state index is -0.390. The first-order valence-corrected chi connectivity index (χ1v) is 7.16. The van der Waals surface area contributed by atoms with E-state index < -0.39 is 0 Å². The van der Waals surface area contributed by atoms with Gasteiger partial charge < -0.3 is 10.6 Å². The van der Waals surface area contributed by atoms with Gasteiger partial charge in [0, 0.05) is 11.6 Å². The minimum absolute atomic E-state index is 0.0125. The molecule has 1 aliphatic heterocycles. The summed E-state index contributed by atoms with van der Waals surface area (Å²) in [5, 5.41) is 7.27. The highest BCUT2D eigenvalue weighted by atomic mass is 35.5. The van der Waals surface area contributed by atoms with Crippen LogP contribution in [0.4, 0.5) is 5.69 Å². The third kappa shape index (κ3) is 3.22. The highest BCUT2D eigenvalue weighted by Gasteiger charge is 2.34. The molecule has 0 radical (unpaired) electrons. The first kappa shape index (κ1) is 14.6. The van der Waals surface area contributed by atoms with E-state index in [0.717, 1.165) is 24.9 Å². The van der Waals surface area contributed by atoms with Crippen LogP contribution in [0.15, 0.2) is 12.1 Å². The zero-order valence-electron chi connectivity index (χ0n) is 11.1. The van der Waals surface area contributed by atoms with Gasteiger partial charge in [0.15, 0.2) is 0 Å². The van der Waals surface area contributed by atoms with E-state index in [1.165, 1.54) is 0 Å². The van der Waals surface area contributed by atoms with Crippen molar-refractivity contribution in [1.82, 2.24) is 5.32 Å². The summed E-state index contributed by atoms with van der Waals surface area (Å²) in [5.74, 6) is -0.0125. The number of carbonyl (C=O) groups excluding carboxylic acids is 1. The number of piperidine rings is 1. The molecule has 0 aliphatic carbocycles. The maximum atomic E-state index is 12.4. The van der Waals surface area contributed by atoms with Crippen molar-refractivity contribution in [3.63, 3.8) is 0 Å². The van der Waals surface area contributed by atoms with E-state index in [4.69, 9.17) is 23.2 Å². The molecule has 1 saturated heterocycles. The molecule has 0 bridgehead atoms. The van der Waals surface area contributed by atoms with Crippen LogP contribution in [0.1, 0.15) is 25.3 Å².